The molecule has 0 radical (unpaired) electrons. The zero-order valence-electron chi connectivity index (χ0n) is 15.8. The second-order valence-corrected chi connectivity index (χ2v) is 7.29. The minimum atomic E-state index is 0.0122. The molecule has 0 fully saturated rings. The van der Waals surface area contributed by atoms with Crippen LogP contribution >= 0.6 is 0 Å². The summed E-state index contributed by atoms with van der Waals surface area (Å²) in [5.74, 6) is 0.0122. The summed E-state index contributed by atoms with van der Waals surface area (Å²) in [6, 6.07) is 10.3. The molecule has 4 aromatic rings. The third-order valence-electron chi connectivity index (χ3n) is 5.51. The van der Waals surface area contributed by atoms with Gasteiger partial charge in [0, 0.05) is 58.5 Å². The molecule has 1 amide bonds. The number of carbonyl (C=O) groups excluding carboxylic acids is 1. The number of aromatic amines is 1. The van der Waals surface area contributed by atoms with Crippen LogP contribution in [0.15, 0.2) is 48.9 Å². The summed E-state index contributed by atoms with van der Waals surface area (Å²) < 4.78 is 0. The molecule has 2 N–H and O–H groups in total. The number of fused-ring (bicyclic) bond motifs is 2. The van der Waals surface area contributed by atoms with E-state index in [4.69, 9.17) is 0 Å². The van der Waals surface area contributed by atoms with Gasteiger partial charge in [-0.2, -0.15) is 0 Å². The number of hydrogen-bond acceptors (Lipinski definition) is 3. The Hall–Kier alpha value is -3.47. The summed E-state index contributed by atoms with van der Waals surface area (Å²) >= 11 is 0. The van der Waals surface area contributed by atoms with Crippen molar-refractivity contribution >= 4 is 16.9 Å². The van der Waals surface area contributed by atoms with Crippen molar-refractivity contribution < 1.29 is 4.79 Å². The smallest absolute Gasteiger partial charge is 0.251 e. The van der Waals surface area contributed by atoms with Crippen molar-refractivity contribution in [2.24, 2.45) is 0 Å². The van der Waals surface area contributed by atoms with Gasteiger partial charge in [-0.05, 0) is 55.2 Å². The summed E-state index contributed by atoms with van der Waals surface area (Å²) in [4.78, 5) is 24.4. The molecule has 5 nitrogen and oxygen atoms in total. The maximum absolute atomic E-state index is 12.0. The van der Waals surface area contributed by atoms with E-state index in [0.717, 1.165) is 56.5 Å². The Kier molecular flexibility index (Phi) is 3.76. The van der Waals surface area contributed by atoms with Gasteiger partial charge in [0.15, 0.2) is 0 Å². The lowest BCUT2D eigenvalue weighted by molar-refractivity contribution is 0.0946. The number of amides is 1. The molecule has 0 unspecified atom stereocenters. The SMILES string of the molecule is Cc1ccnc(C)c1-c1cnc2[nH]cc(-c3ccc4c(c3)CCNC4=O)c2c1. The minimum absolute atomic E-state index is 0.0122. The predicted molar refractivity (Wildman–Crippen MR) is 110 cm³/mol. The van der Waals surface area contributed by atoms with Crippen LogP contribution in [0, 0.1) is 13.8 Å². The van der Waals surface area contributed by atoms with Gasteiger partial charge >= 0.3 is 0 Å². The Morgan fingerprint density at radius 1 is 1.00 bits per heavy atom. The molecule has 138 valence electrons. The normalized spacial score (nSPS) is 13.4. The molecule has 0 saturated carbocycles. The third-order valence-corrected chi connectivity index (χ3v) is 5.51. The maximum atomic E-state index is 12.0. The molecule has 0 atom stereocenters. The van der Waals surface area contributed by atoms with Crippen molar-refractivity contribution in [2.75, 3.05) is 6.54 Å². The highest BCUT2D eigenvalue weighted by Crippen LogP contribution is 2.34. The lowest BCUT2D eigenvalue weighted by atomic mass is 9.94. The van der Waals surface area contributed by atoms with E-state index in [0.29, 0.717) is 6.54 Å². The number of aryl methyl sites for hydroxylation is 2. The van der Waals surface area contributed by atoms with Gasteiger partial charge in [-0.15, -0.1) is 0 Å². The minimum Gasteiger partial charge on any atom is -0.352 e. The number of nitrogens with one attached hydrogen (secondary N) is 2. The summed E-state index contributed by atoms with van der Waals surface area (Å²) in [6.07, 6.45) is 6.59. The van der Waals surface area contributed by atoms with Gasteiger partial charge in [-0.3, -0.25) is 9.78 Å². The van der Waals surface area contributed by atoms with Gasteiger partial charge in [-0.1, -0.05) is 12.1 Å². The van der Waals surface area contributed by atoms with E-state index in [9.17, 15) is 4.79 Å². The van der Waals surface area contributed by atoms with Crippen molar-refractivity contribution in [3.63, 3.8) is 0 Å². The first-order chi connectivity index (χ1) is 13.6. The molecule has 5 rings (SSSR count). The highest BCUT2D eigenvalue weighted by molar-refractivity contribution is 5.99. The summed E-state index contributed by atoms with van der Waals surface area (Å²) in [7, 11) is 0. The standard InChI is InChI=1S/C23H20N4O/c1-13-5-7-24-14(2)21(13)17-10-19-20(12-27-22(19)26-11-17)15-3-4-18-16(9-15)6-8-25-23(18)28/h3-5,7,9-12H,6,8H2,1-2H3,(H,25,28)(H,26,27). The van der Waals surface area contributed by atoms with Crippen LogP contribution in [0.3, 0.4) is 0 Å². The number of carbonyl (C=O) groups is 1. The van der Waals surface area contributed by atoms with Crippen LogP contribution in [0.25, 0.3) is 33.3 Å². The van der Waals surface area contributed by atoms with E-state index < -0.39 is 0 Å². The number of pyridine rings is 2. The molecular weight excluding hydrogens is 348 g/mol. The number of aromatic nitrogens is 3. The van der Waals surface area contributed by atoms with Gasteiger partial charge in [-0.25, -0.2) is 4.98 Å². The second kappa shape index (κ2) is 6.30. The van der Waals surface area contributed by atoms with Crippen molar-refractivity contribution in [3.8, 4) is 22.3 Å². The quantitative estimate of drug-likeness (QED) is 0.557. The number of rotatable bonds is 2. The van der Waals surface area contributed by atoms with Crippen molar-refractivity contribution in [1.29, 1.82) is 0 Å². The van der Waals surface area contributed by atoms with Gasteiger partial charge in [0.05, 0.1) is 0 Å². The first-order valence-corrected chi connectivity index (χ1v) is 9.43. The van der Waals surface area contributed by atoms with E-state index in [-0.39, 0.29) is 5.91 Å². The fourth-order valence-electron chi connectivity index (χ4n) is 4.11. The Labute approximate surface area is 162 Å². The monoisotopic (exact) mass is 368 g/mol. The van der Waals surface area contributed by atoms with E-state index in [1.54, 1.807) is 0 Å². The summed E-state index contributed by atoms with van der Waals surface area (Å²) in [6.45, 7) is 4.81. The van der Waals surface area contributed by atoms with Crippen LogP contribution in [0.4, 0.5) is 0 Å². The Morgan fingerprint density at radius 2 is 1.89 bits per heavy atom. The molecule has 0 aliphatic carbocycles. The van der Waals surface area contributed by atoms with Crippen LogP contribution < -0.4 is 5.32 Å². The van der Waals surface area contributed by atoms with Crippen LogP contribution in [-0.4, -0.2) is 27.4 Å². The maximum Gasteiger partial charge on any atom is 0.251 e. The zero-order valence-corrected chi connectivity index (χ0v) is 15.8. The first kappa shape index (κ1) is 16.7. The lowest BCUT2D eigenvalue weighted by Crippen LogP contribution is -2.31. The highest BCUT2D eigenvalue weighted by atomic mass is 16.1. The fourth-order valence-corrected chi connectivity index (χ4v) is 4.11. The Balaban J connectivity index is 1.66. The molecule has 0 bridgehead atoms. The summed E-state index contributed by atoms with van der Waals surface area (Å²) in [5, 5.41) is 3.97. The molecule has 0 spiro atoms. The first-order valence-electron chi connectivity index (χ1n) is 9.43. The van der Waals surface area contributed by atoms with Gasteiger partial charge < -0.3 is 10.3 Å². The predicted octanol–water partition coefficient (Wildman–Crippen LogP) is 4.19. The lowest BCUT2D eigenvalue weighted by Gasteiger charge is -2.17. The van der Waals surface area contributed by atoms with Crippen molar-refractivity contribution in [3.05, 3.63) is 71.3 Å². The topological polar surface area (TPSA) is 70.7 Å². The van der Waals surface area contributed by atoms with E-state index >= 15 is 0 Å². The number of nitrogens with zero attached hydrogens (tertiary/aromatic N) is 2. The van der Waals surface area contributed by atoms with E-state index in [2.05, 4.69) is 39.3 Å². The second-order valence-electron chi connectivity index (χ2n) is 7.29. The van der Waals surface area contributed by atoms with Gasteiger partial charge in [0.2, 0.25) is 0 Å². The average Bonchev–Trinajstić information content (AvgIpc) is 3.11. The van der Waals surface area contributed by atoms with Crippen molar-refractivity contribution in [1.82, 2.24) is 20.3 Å². The number of hydrogen-bond donors (Lipinski definition) is 2. The largest absolute Gasteiger partial charge is 0.352 e. The molecule has 5 heteroatoms. The molecular formula is C23H20N4O. The van der Waals surface area contributed by atoms with Gasteiger partial charge in [0.25, 0.3) is 5.91 Å². The molecule has 1 aromatic carbocycles. The molecule has 1 aliphatic heterocycles. The van der Waals surface area contributed by atoms with E-state index in [1.165, 1.54) is 5.56 Å². The Morgan fingerprint density at radius 3 is 2.75 bits per heavy atom. The van der Waals surface area contributed by atoms with Crippen molar-refractivity contribution in [2.45, 2.75) is 20.3 Å². The molecule has 28 heavy (non-hydrogen) atoms. The van der Waals surface area contributed by atoms with Gasteiger partial charge in [0.1, 0.15) is 5.65 Å². The van der Waals surface area contributed by atoms with Crippen LogP contribution in [0.2, 0.25) is 0 Å². The van der Waals surface area contributed by atoms with Crippen LogP contribution in [-0.2, 0) is 6.42 Å². The average molecular weight is 368 g/mol. The molecule has 1 aliphatic rings. The molecule has 4 heterocycles. The van der Waals surface area contributed by atoms with E-state index in [1.807, 2.05) is 43.7 Å². The molecule has 0 saturated heterocycles. The highest BCUT2D eigenvalue weighted by Gasteiger charge is 2.18. The molecule has 3 aromatic heterocycles. The number of benzene rings is 1. The summed E-state index contributed by atoms with van der Waals surface area (Å²) in [5.41, 5.74) is 9.29. The zero-order chi connectivity index (χ0) is 19.3. The number of H-pyrrole nitrogens is 1. The van der Waals surface area contributed by atoms with Crippen LogP contribution in [0.5, 0.6) is 0 Å². The van der Waals surface area contributed by atoms with Crippen LogP contribution in [0.1, 0.15) is 27.2 Å². The Bertz CT molecular complexity index is 1220. The third kappa shape index (κ3) is 2.59. The fraction of sp³-hybridized carbons (Fsp3) is 0.174.